The van der Waals surface area contributed by atoms with Gasteiger partial charge in [0, 0.05) is 37.9 Å². The Bertz CT molecular complexity index is 1120. The molecule has 0 spiro atoms. The van der Waals surface area contributed by atoms with Crippen molar-refractivity contribution in [3.05, 3.63) is 46.7 Å². The van der Waals surface area contributed by atoms with Crippen molar-refractivity contribution in [2.45, 2.75) is 19.9 Å². The second-order valence-corrected chi connectivity index (χ2v) is 8.80. The Hall–Kier alpha value is -2.42. The minimum Gasteiger partial charge on any atom is -0.482 e. The number of halogens is 1. The highest BCUT2D eigenvalue weighted by Gasteiger charge is 2.26. The van der Waals surface area contributed by atoms with Gasteiger partial charge in [-0.3, -0.25) is 9.69 Å². The molecule has 1 N–H and O–H groups in total. The molecule has 8 heteroatoms. The normalized spacial score (nSPS) is 17.5. The number of fused-ring (bicyclic) bond motifs is 2. The SMILES string of the molecule is CCN1C(=O)COc2ccc(-c3nc4c(Br)cccn4c3CN3CCCNCC3)cc21. The third kappa shape index (κ3) is 3.84. The number of ether oxygens (including phenoxy) is 1. The summed E-state index contributed by atoms with van der Waals surface area (Å²) >= 11 is 3.66. The highest BCUT2D eigenvalue weighted by atomic mass is 79.9. The summed E-state index contributed by atoms with van der Waals surface area (Å²) in [4.78, 5) is 21.6. The van der Waals surface area contributed by atoms with Crippen LogP contribution in [0.4, 0.5) is 5.69 Å². The van der Waals surface area contributed by atoms with Crippen molar-refractivity contribution in [2.75, 3.05) is 44.2 Å². The van der Waals surface area contributed by atoms with E-state index in [2.05, 4.69) is 36.7 Å². The largest absolute Gasteiger partial charge is 0.482 e. The van der Waals surface area contributed by atoms with Gasteiger partial charge in [0.2, 0.25) is 0 Å². The Balaban J connectivity index is 1.62. The molecule has 1 amide bonds. The first-order chi connectivity index (χ1) is 15.2. The van der Waals surface area contributed by atoms with Crippen LogP contribution in [0.5, 0.6) is 5.75 Å². The predicted molar refractivity (Wildman–Crippen MR) is 125 cm³/mol. The van der Waals surface area contributed by atoms with Crippen molar-refractivity contribution in [1.82, 2.24) is 19.6 Å². The highest BCUT2D eigenvalue weighted by Crippen LogP contribution is 2.37. The van der Waals surface area contributed by atoms with Gasteiger partial charge in [-0.25, -0.2) is 4.98 Å². The van der Waals surface area contributed by atoms with E-state index in [1.54, 1.807) is 4.90 Å². The molecule has 1 saturated heterocycles. The van der Waals surface area contributed by atoms with Gasteiger partial charge < -0.3 is 19.4 Å². The van der Waals surface area contributed by atoms with Gasteiger partial charge in [0.1, 0.15) is 5.75 Å². The fraction of sp³-hybridized carbons (Fsp3) is 0.391. The number of carbonyl (C=O) groups excluding carboxylic acids is 1. The summed E-state index contributed by atoms with van der Waals surface area (Å²) in [5.74, 6) is 0.734. The number of benzene rings is 1. The van der Waals surface area contributed by atoms with Crippen LogP contribution < -0.4 is 15.0 Å². The van der Waals surface area contributed by atoms with Gasteiger partial charge in [-0.05, 0) is 72.7 Å². The van der Waals surface area contributed by atoms with Crippen molar-refractivity contribution in [3.63, 3.8) is 0 Å². The fourth-order valence-corrected chi connectivity index (χ4v) is 4.87. The summed E-state index contributed by atoms with van der Waals surface area (Å²) in [6.45, 7) is 7.64. The number of carbonyl (C=O) groups is 1. The second-order valence-electron chi connectivity index (χ2n) is 7.95. The van der Waals surface area contributed by atoms with E-state index in [1.807, 2.05) is 37.3 Å². The molecular weight excluding hydrogens is 458 g/mol. The van der Waals surface area contributed by atoms with Gasteiger partial charge in [0.15, 0.2) is 12.3 Å². The molecule has 162 valence electrons. The Kier molecular flexibility index (Phi) is 5.69. The average molecular weight is 484 g/mol. The molecule has 31 heavy (non-hydrogen) atoms. The van der Waals surface area contributed by atoms with Gasteiger partial charge in [-0.1, -0.05) is 0 Å². The van der Waals surface area contributed by atoms with Crippen LogP contribution in [0.25, 0.3) is 16.9 Å². The Morgan fingerprint density at radius 3 is 3.00 bits per heavy atom. The number of amides is 1. The van der Waals surface area contributed by atoms with E-state index in [0.29, 0.717) is 6.54 Å². The molecule has 0 saturated carbocycles. The summed E-state index contributed by atoms with van der Waals surface area (Å²) in [5.41, 5.74) is 4.81. The van der Waals surface area contributed by atoms with Crippen LogP contribution >= 0.6 is 15.9 Å². The first-order valence-electron chi connectivity index (χ1n) is 10.8. The molecule has 1 aromatic carbocycles. The van der Waals surface area contributed by atoms with Crippen LogP contribution in [0.15, 0.2) is 41.0 Å². The van der Waals surface area contributed by atoms with Crippen LogP contribution in [0.3, 0.4) is 0 Å². The molecule has 1 fully saturated rings. The van der Waals surface area contributed by atoms with Crippen molar-refractivity contribution in [1.29, 1.82) is 0 Å². The smallest absolute Gasteiger partial charge is 0.265 e. The van der Waals surface area contributed by atoms with Crippen LogP contribution in [0, 0.1) is 0 Å². The van der Waals surface area contributed by atoms with Gasteiger partial charge in [0.05, 0.1) is 21.5 Å². The minimum atomic E-state index is -0.0119. The summed E-state index contributed by atoms with van der Waals surface area (Å²) in [6, 6.07) is 10.1. The third-order valence-corrected chi connectivity index (χ3v) is 6.62. The lowest BCUT2D eigenvalue weighted by Gasteiger charge is -2.28. The predicted octanol–water partition coefficient (Wildman–Crippen LogP) is 3.30. The molecule has 0 atom stereocenters. The lowest BCUT2D eigenvalue weighted by molar-refractivity contribution is -0.121. The standard InChI is InChI=1S/C23H26BrN5O2/c1-2-28-18-13-16(6-7-20(18)31-15-21(28)30)22-19(14-27-10-4-8-25-9-12-27)29-11-3-5-17(24)23(29)26-22/h3,5-7,11,13,25H,2,4,8-10,12,14-15H2,1H3. The van der Waals surface area contributed by atoms with Crippen molar-refractivity contribution >= 4 is 33.2 Å². The zero-order valence-corrected chi connectivity index (χ0v) is 19.2. The molecular formula is C23H26BrN5O2. The number of hydrogen-bond acceptors (Lipinski definition) is 5. The molecule has 3 aromatic rings. The number of rotatable bonds is 4. The van der Waals surface area contributed by atoms with Crippen LogP contribution in [0.2, 0.25) is 0 Å². The first-order valence-corrected chi connectivity index (χ1v) is 11.6. The van der Waals surface area contributed by atoms with Crippen LogP contribution in [-0.4, -0.2) is 59.5 Å². The number of hydrogen-bond donors (Lipinski definition) is 1. The monoisotopic (exact) mass is 483 g/mol. The minimum absolute atomic E-state index is 0.0119. The number of pyridine rings is 1. The van der Waals surface area contributed by atoms with E-state index in [0.717, 1.165) is 77.7 Å². The summed E-state index contributed by atoms with van der Waals surface area (Å²) in [5, 5.41) is 3.48. The quantitative estimate of drug-likeness (QED) is 0.616. The van der Waals surface area contributed by atoms with Crippen LogP contribution in [0.1, 0.15) is 19.0 Å². The maximum Gasteiger partial charge on any atom is 0.265 e. The van der Waals surface area contributed by atoms with E-state index in [9.17, 15) is 4.79 Å². The molecule has 0 aliphatic carbocycles. The lowest BCUT2D eigenvalue weighted by Crippen LogP contribution is -2.38. The number of anilines is 1. The number of nitrogens with zero attached hydrogens (tertiary/aromatic N) is 4. The van der Waals surface area contributed by atoms with Crippen LogP contribution in [-0.2, 0) is 11.3 Å². The van der Waals surface area contributed by atoms with Gasteiger partial charge >= 0.3 is 0 Å². The molecule has 0 unspecified atom stereocenters. The topological polar surface area (TPSA) is 62.1 Å². The van der Waals surface area contributed by atoms with Gasteiger partial charge in [-0.15, -0.1) is 0 Å². The lowest BCUT2D eigenvalue weighted by atomic mass is 10.1. The van der Waals surface area contributed by atoms with E-state index < -0.39 is 0 Å². The molecule has 5 rings (SSSR count). The van der Waals surface area contributed by atoms with E-state index in [4.69, 9.17) is 9.72 Å². The maximum atomic E-state index is 12.3. The molecule has 2 aromatic heterocycles. The molecule has 4 heterocycles. The van der Waals surface area contributed by atoms with Crippen molar-refractivity contribution in [2.24, 2.45) is 0 Å². The molecule has 2 aliphatic heterocycles. The van der Waals surface area contributed by atoms with E-state index in [1.165, 1.54) is 0 Å². The van der Waals surface area contributed by atoms with Gasteiger partial charge in [0.25, 0.3) is 5.91 Å². The summed E-state index contributed by atoms with van der Waals surface area (Å²) < 4.78 is 8.80. The molecule has 0 bridgehead atoms. The molecule has 2 aliphatic rings. The Morgan fingerprint density at radius 1 is 1.23 bits per heavy atom. The number of aromatic nitrogens is 2. The fourth-order valence-electron chi connectivity index (χ4n) is 4.43. The van der Waals surface area contributed by atoms with E-state index >= 15 is 0 Å². The third-order valence-electron chi connectivity index (χ3n) is 6.00. The molecule has 0 radical (unpaired) electrons. The van der Waals surface area contributed by atoms with Crippen molar-refractivity contribution < 1.29 is 9.53 Å². The first kappa shape index (κ1) is 20.5. The highest BCUT2D eigenvalue weighted by molar-refractivity contribution is 9.10. The number of nitrogens with one attached hydrogen (secondary N) is 1. The summed E-state index contributed by atoms with van der Waals surface area (Å²) in [6.07, 6.45) is 3.21. The number of imidazole rings is 1. The zero-order valence-electron chi connectivity index (χ0n) is 17.6. The van der Waals surface area contributed by atoms with Gasteiger partial charge in [-0.2, -0.15) is 0 Å². The second kappa shape index (κ2) is 8.61. The molecule has 7 nitrogen and oxygen atoms in total. The zero-order chi connectivity index (χ0) is 21.4. The average Bonchev–Trinajstić information content (AvgIpc) is 2.95. The Morgan fingerprint density at radius 2 is 2.13 bits per heavy atom. The maximum absolute atomic E-state index is 12.3. The van der Waals surface area contributed by atoms with Crippen molar-refractivity contribution in [3.8, 4) is 17.0 Å². The number of likely N-dealkylation sites (N-methyl/N-ethyl adjacent to an activating group) is 1. The summed E-state index contributed by atoms with van der Waals surface area (Å²) in [7, 11) is 0. The van der Waals surface area contributed by atoms with E-state index in [-0.39, 0.29) is 12.5 Å². The Labute approximate surface area is 190 Å².